The van der Waals surface area contributed by atoms with Crippen molar-refractivity contribution in [2.24, 2.45) is 11.8 Å². The van der Waals surface area contributed by atoms with Gasteiger partial charge in [0.25, 0.3) is 0 Å². The van der Waals surface area contributed by atoms with Gasteiger partial charge in [0.05, 0.1) is 13.0 Å². The van der Waals surface area contributed by atoms with Gasteiger partial charge in [0.15, 0.2) is 0 Å². The van der Waals surface area contributed by atoms with Crippen molar-refractivity contribution in [1.29, 1.82) is 0 Å². The Morgan fingerprint density at radius 3 is 2.20 bits per heavy atom. The quantitative estimate of drug-likeness (QED) is 0.730. The van der Waals surface area contributed by atoms with Gasteiger partial charge in [-0.15, -0.1) is 0 Å². The van der Waals surface area contributed by atoms with Crippen molar-refractivity contribution in [3.63, 3.8) is 0 Å². The molecule has 0 saturated heterocycles. The molecule has 0 unspecified atom stereocenters. The monoisotopic (exact) mass is 225 g/mol. The van der Waals surface area contributed by atoms with Crippen LogP contribution in [0.2, 0.25) is 0 Å². The summed E-state index contributed by atoms with van der Waals surface area (Å²) in [5.74, 6) is -1.91. The molecule has 0 aromatic rings. The molecule has 88 valence electrons. The van der Waals surface area contributed by atoms with Crippen LogP contribution in [-0.2, 0) is 9.63 Å². The Morgan fingerprint density at radius 1 is 1.27 bits per heavy atom. The minimum absolute atomic E-state index is 0.0330. The highest BCUT2D eigenvalue weighted by molar-refractivity contribution is 5.77. The summed E-state index contributed by atoms with van der Waals surface area (Å²) in [7, 11) is 1.30. The number of rotatable bonds is 2. The zero-order valence-electron chi connectivity index (χ0n) is 8.43. The van der Waals surface area contributed by atoms with Crippen molar-refractivity contribution in [2.45, 2.75) is 31.9 Å². The topological polar surface area (TPSA) is 38.3 Å². The number of carbonyl (C=O) groups is 1. The van der Waals surface area contributed by atoms with Crippen LogP contribution in [0.1, 0.15) is 25.7 Å². The van der Waals surface area contributed by atoms with E-state index >= 15 is 0 Å². The zero-order chi connectivity index (χ0) is 11.5. The molecule has 15 heavy (non-hydrogen) atoms. The van der Waals surface area contributed by atoms with Crippen LogP contribution in [0.4, 0.5) is 13.2 Å². The van der Waals surface area contributed by atoms with Crippen LogP contribution in [0, 0.1) is 11.8 Å². The number of halogens is 3. The first-order valence-electron chi connectivity index (χ1n) is 4.84. The normalized spacial score (nSPS) is 27.5. The molecule has 1 rings (SSSR count). The molecule has 0 bridgehead atoms. The average Bonchev–Trinajstić information content (AvgIpc) is 2.17. The fourth-order valence-corrected chi connectivity index (χ4v) is 1.87. The predicted octanol–water partition coefficient (Wildman–Crippen LogP) is 2.03. The van der Waals surface area contributed by atoms with Gasteiger partial charge in [-0.25, -0.2) is 5.48 Å². The molecular weight excluding hydrogens is 211 g/mol. The van der Waals surface area contributed by atoms with Gasteiger partial charge in [-0.2, -0.15) is 13.2 Å². The maximum Gasteiger partial charge on any atom is 0.391 e. The fraction of sp³-hybridized carbons (Fsp3) is 0.889. The number of hydrogen-bond donors (Lipinski definition) is 1. The van der Waals surface area contributed by atoms with Gasteiger partial charge < -0.3 is 0 Å². The molecule has 0 radical (unpaired) electrons. The van der Waals surface area contributed by atoms with Gasteiger partial charge in [-0.1, -0.05) is 0 Å². The van der Waals surface area contributed by atoms with Gasteiger partial charge in [0.2, 0.25) is 5.91 Å². The van der Waals surface area contributed by atoms with Crippen LogP contribution in [-0.4, -0.2) is 19.2 Å². The second-order valence-electron chi connectivity index (χ2n) is 3.76. The lowest BCUT2D eigenvalue weighted by molar-refractivity contribution is -0.185. The smallest absolute Gasteiger partial charge is 0.277 e. The maximum absolute atomic E-state index is 12.3. The molecule has 1 saturated carbocycles. The molecule has 6 heteroatoms. The van der Waals surface area contributed by atoms with E-state index < -0.39 is 12.1 Å². The Labute approximate surface area is 85.9 Å². The summed E-state index contributed by atoms with van der Waals surface area (Å²) in [6, 6.07) is 0. The molecule has 1 aliphatic carbocycles. The Balaban J connectivity index is 2.39. The van der Waals surface area contributed by atoms with E-state index in [2.05, 4.69) is 10.3 Å². The molecule has 0 aliphatic heterocycles. The van der Waals surface area contributed by atoms with Crippen LogP contribution < -0.4 is 5.48 Å². The number of amides is 1. The number of alkyl halides is 3. The van der Waals surface area contributed by atoms with E-state index in [9.17, 15) is 18.0 Å². The average molecular weight is 225 g/mol. The Kier molecular flexibility index (Phi) is 3.96. The minimum Gasteiger partial charge on any atom is -0.277 e. The van der Waals surface area contributed by atoms with E-state index in [1.807, 2.05) is 0 Å². The third-order valence-electron chi connectivity index (χ3n) is 2.76. The van der Waals surface area contributed by atoms with Crippen molar-refractivity contribution in [3.05, 3.63) is 0 Å². The van der Waals surface area contributed by atoms with E-state index in [1.54, 1.807) is 0 Å². The fourth-order valence-electron chi connectivity index (χ4n) is 1.87. The highest BCUT2D eigenvalue weighted by atomic mass is 19.4. The highest BCUT2D eigenvalue weighted by Crippen LogP contribution is 2.39. The first kappa shape index (κ1) is 12.3. The molecule has 0 spiro atoms. The third-order valence-corrected chi connectivity index (χ3v) is 2.76. The number of nitrogens with one attached hydrogen (secondary N) is 1. The molecule has 1 fully saturated rings. The van der Waals surface area contributed by atoms with E-state index in [4.69, 9.17) is 0 Å². The summed E-state index contributed by atoms with van der Waals surface area (Å²) in [5, 5.41) is 0. The molecule has 0 aromatic heterocycles. The van der Waals surface area contributed by atoms with Gasteiger partial charge in [0.1, 0.15) is 0 Å². The van der Waals surface area contributed by atoms with Crippen molar-refractivity contribution in [2.75, 3.05) is 7.11 Å². The Bertz CT molecular complexity index is 222. The highest BCUT2D eigenvalue weighted by Gasteiger charge is 2.42. The molecule has 0 aromatic carbocycles. The van der Waals surface area contributed by atoms with Gasteiger partial charge in [-0.05, 0) is 25.7 Å². The first-order chi connectivity index (χ1) is 6.95. The third kappa shape index (κ3) is 3.37. The van der Waals surface area contributed by atoms with Crippen molar-refractivity contribution < 1.29 is 22.8 Å². The van der Waals surface area contributed by atoms with Crippen LogP contribution >= 0.6 is 0 Å². The molecule has 3 nitrogen and oxygen atoms in total. The summed E-state index contributed by atoms with van der Waals surface area (Å²) in [6.07, 6.45) is -3.50. The first-order valence-corrected chi connectivity index (χ1v) is 4.84. The van der Waals surface area contributed by atoms with E-state index in [0.717, 1.165) is 0 Å². The summed E-state index contributed by atoms with van der Waals surface area (Å²) in [6.45, 7) is 0. The zero-order valence-corrected chi connectivity index (χ0v) is 8.43. The van der Waals surface area contributed by atoms with Gasteiger partial charge in [-0.3, -0.25) is 9.63 Å². The van der Waals surface area contributed by atoms with Gasteiger partial charge >= 0.3 is 6.18 Å². The second-order valence-corrected chi connectivity index (χ2v) is 3.76. The number of hydroxylamine groups is 1. The summed E-state index contributed by atoms with van der Waals surface area (Å²) in [5.41, 5.74) is 2.15. The van der Waals surface area contributed by atoms with Crippen LogP contribution in [0.3, 0.4) is 0 Å². The number of carbonyl (C=O) groups excluding carboxylic acids is 1. The lowest BCUT2D eigenvalue weighted by atomic mass is 9.81. The van der Waals surface area contributed by atoms with Crippen molar-refractivity contribution >= 4 is 5.91 Å². The standard InChI is InChI=1S/C9H14F3NO2/c1-15-13-8(14)6-2-4-7(5-3-6)9(10,11)12/h6-7H,2-5H2,1H3,(H,13,14). The van der Waals surface area contributed by atoms with E-state index in [1.165, 1.54) is 7.11 Å². The number of hydrogen-bond acceptors (Lipinski definition) is 2. The summed E-state index contributed by atoms with van der Waals surface area (Å²) in [4.78, 5) is 15.7. The van der Waals surface area contributed by atoms with Crippen molar-refractivity contribution in [1.82, 2.24) is 5.48 Å². The van der Waals surface area contributed by atoms with Crippen molar-refractivity contribution in [3.8, 4) is 0 Å². The molecular formula is C9H14F3NO2. The summed E-state index contributed by atoms with van der Waals surface area (Å²) < 4.78 is 36.9. The molecule has 1 N–H and O–H groups in total. The molecule has 0 heterocycles. The molecule has 1 aliphatic rings. The lowest BCUT2D eigenvalue weighted by Crippen LogP contribution is -2.35. The predicted molar refractivity (Wildman–Crippen MR) is 46.7 cm³/mol. The van der Waals surface area contributed by atoms with E-state index in [-0.39, 0.29) is 37.5 Å². The van der Waals surface area contributed by atoms with Crippen LogP contribution in [0.5, 0.6) is 0 Å². The van der Waals surface area contributed by atoms with Gasteiger partial charge in [0, 0.05) is 5.92 Å². The SMILES string of the molecule is CONC(=O)C1CCC(C(F)(F)F)CC1. The van der Waals surface area contributed by atoms with Crippen LogP contribution in [0.25, 0.3) is 0 Å². The minimum atomic E-state index is -4.12. The second kappa shape index (κ2) is 4.83. The molecule has 0 atom stereocenters. The Morgan fingerprint density at radius 2 is 1.80 bits per heavy atom. The Hall–Kier alpha value is -0.780. The molecule has 1 amide bonds. The van der Waals surface area contributed by atoms with E-state index in [0.29, 0.717) is 0 Å². The maximum atomic E-state index is 12.3. The summed E-state index contributed by atoms with van der Waals surface area (Å²) >= 11 is 0. The lowest BCUT2D eigenvalue weighted by Gasteiger charge is -2.28. The largest absolute Gasteiger partial charge is 0.391 e. The van der Waals surface area contributed by atoms with Crippen LogP contribution in [0.15, 0.2) is 0 Å².